The normalized spacial score (nSPS) is 13.5. The highest BCUT2D eigenvalue weighted by Crippen LogP contribution is 2.48. The Balaban J connectivity index is 1.52. The third-order valence-electron chi connectivity index (χ3n) is 7.96. The summed E-state index contributed by atoms with van der Waals surface area (Å²) >= 11 is 0. The molecule has 0 saturated carbocycles. The number of imidazole rings is 1. The number of hydrogen-bond acceptors (Lipinski definition) is 1. The van der Waals surface area contributed by atoms with Gasteiger partial charge in [0.2, 0.25) is 0 Å². The van der Waals surface area contributed by atoms with Crippen LogP contribution in [0.1, 0.15) is 33.6 Å². The van der Waals surface area contributed by atoms with Gasteiger partial charge in [0.25, 0.3) is 0 Å². The fraction of sp³-hybridized carbons (Fsp3) is 0.129. The van der Waals surface area contributed by atoms with Gasteiger partial charge in [0.1, 0.15) is 5.65 Å². The number of rotatable bonds is 0. The molecule has 33 heavy (non-hydrogen) atoms. The molecular formula is C31H22N2. The monoisotopic (exact) mass is 422 g/mol. The van der Waals surface area contributed by atoms with Gasteiger partial charge in [-0.1, -0.05) is 54.6 Å². The van der Waals surface area contributed by atoms with E-state index in [2.05, 4.69) is 91.0 Å². The lowest BCUT2D eigenvalue weighted by atomic mass is 9.94. The molecule has 0 atom stereocenters. The second-order valence-electron chi connectivity index (χ2n) is 9.66. The molecule has 0 saturated heterocycles. The lowest BCUT2D eigenvalue weighted by molar-refractivity contribution is 1.14. The van der Waals surface area contributed by atoms with Gasteiger partial charge in [0, 0.05) is 16.5 Å². The van der Waals surface area contributed by atoms with Crippen LogP contribution in [-0.4, -0.2) is 9.38 Å². The van der Waals surface area contributed by atoms with Gasteiger partial charge in [-0.15, -0.1) is 0 Å². The van der Waals surface area contributed by atoms with Crippen LogP contribution in [0.25, 0.3) is 49.6 Å². The molecule has 0 bridgehead atoms. The van der Waals surface area contributed by atoms with Gasteiger partial charge >= 0.3 is 0 Å². The van der Waals surface area contributed by atoms with E-state index in [1.54, 1.807) is 0 Å². The number of aromatic nitrogens is 2. The first-order chi connectivity index (χ1) is 16.2. The topological polar surface area (TPSA) is 17.3 Å². The zero-order valence-electron chi connectivity index (χ0n) is 18.7. The number of aryl methyl sites for hydroxylation is 2. The standard InChI is InChI=1S/C31H22N2/c1-17-18(2)33-28-12-11-20-14-22-15-26-21(13-19-7-3-4-8-23(19)26)16-27(22)29(20)30(28)24-9-5-6-10-25(24)31(33)32-17/h3-12,15-16H,13-14H2,1-2H3. The molecule has 2 aliphatic rings. The summed E-state index contributed by atoms with van der Waals surface area (Å²) < 4.78 is 2.37. The summed E-state index contributed by atoms with van der Waals surface area (Å²) in [6.07, 6.45) is 2.04. The molecule has 0 aliphatic heterocycles. The third-order valence-corrected chi connectivity index (χ3v) is 7.96. The maximum atomic E-state index is 4.96. The van der Waals surface area contributed by atoms with Crippen LogP contribution in [0.5, 0.6) is 0 Å². The smallest absolute Gasteiger partial charge is 0.145 e. The minimum Gasteiger partial charge on any atom is -0.296 e. The average Bonchev–Trinajstić information content (AvgIpc) is 3.48. The fourth-order valence-corrected chi connectivity index (χ4v) is 6.34. The van der Waals surface area contributed by atoms with Gasteiger partial charge in [0.15, 0.2) is 0 Å². The summed E-state index contributed by atoms with van der Waals surface area (Å²) in [5.74, 6) is 0. The summed E-state index contributed by atoms with van der Waals surface area (Å²) in [5, 5.41) is 3.90. The van der Waals surface area contributed by atoms with E-state index in [0.29, 0.717) is 0 Å². The summed E-state index contributed by atoms with van der Waals surface area (Å²) in [6.45, 7) is 4.31. The largest absolute Gasteiger partial charge is 0.296 e. The van der Waals surface area contributed by atoms with Crippen LogP contribution in [0, 0.1) is 13.8 Å². The second-order valence-corrected chi connectivity index (χ2v) is 9.66. The fourth-order valence-electron chi connectivity index (χ4n) is 6.34. The van der Waals surface area contributed by atoms with Crippen molar-refractivity contribution in [1.29, 1.82) is 0 Å². The van der Waals surface area contributed by atoms with E-state index in [1.807, 2.05) is 0 Å². The van der Waals surface area contributed by atoms with Crippen molar-refractivity contribution in [2.24, 2.45) is 0 Å². The van der Waals surface area contributed by atoms with Crippen LogP contribution in [0.4, 0.5) is 0 Å². The summed E-state index contributed by atoms with van der Waals surface area (Å²) in [7, 11) is 0. The quantitative estimate of drug-likeness (QED) is 0.233. The van der Waals surface area contributed by atoms with Crippen molar-refractivity contribution in [3.05, 3.63) is 106 Å². The van der Waals surface area contributed by atoms with Crippen molar-refractivity contribution < 1.29 is 0 Å². The zero-order chi connectivity index (χ0) is 21.8. The Hall–Kier alpha value is -3.91. The van der Waals surface area contributed by atoms with Gasteiger partial charge in [-0.05, 0) is 94.8 Å². The highest BCUT2D eigenvalue weighted by atomic mass is 15.0. The SMILES string of the molecule is Cc1nc2c3ccccc3c3c4c(ccc3n2c1C)Cc1cc2c(cc1-4)Cc1ccccc1-2. The maximum absolute atomic E-state index is 4.96. The van der Waals surface area contributed by atoms with Gasteiger partial charge in [0.05, 0.1) is 11.2 Å². The summed E-state index contributed by atoms with van der Waals surface area (Å²) in [6, 6.07) is 27.3. The van der Waals surface area contributed by atoms with Crippen molar-refractivity contribution >= 4 is 27.3 Å². The van der Waals surface area contributed by atoms with E-state index in [-0.39, 0.29) is 0 Å². The lowest BCUT2D eigenvalue weighted by Gasteiger charge is -2.14. The van der Waals surface area contributed by atoms with Crippen LogP contribution < -0.4 is 0 Å². The molecule has 2 heterocycles. The molecule has 0 spiro atoms. The summed E-state index contributed by atoms with van der Waals surface area (Å²) in [5.41, 5.74) is 16.1. The van der Waals surface area contributed by atoms with Crippen LogP contribution in [0.15, 0.2) is 72.8 Å². The van der Waals surface area contributed by atoms with Gasteiger partial charge < -0.3 is 0 Å². The molecule has 2 heteroatoms. The van der Waals surface area contributed by atoms with Gasteiger partial charge in [-0.25, -0.2) is 4.98 Å². The van der Waals surface area contributed by atoms with E-state index >= 15 is 0 Å². The lowest BCUT2D eigenvalue weighted by Crippen LogP contribution is -1.96. The molecule has 0 unspecified atom stereocenters. The van der Waals surface area contributed by atoms with E-state index in [9.17, 15) is 0 Å². The van der Waals surface area contributed by atoms with Crippen molar-refractivity contribution in [3.8, 4) is 22.3 Å². The van der Waals surface area contributed by atoms with E-state index in [1.165, 1.54) is 71.9 Å². The Bertz CT molecular complexity index is 1830. The van der Waals surface area contributed by atoms with Gasteiger partial charge in [-0.3, -0.25) is 4.40 Å². The van der Waals surface area contributed by atoms with Crippen LogP contribution >= 0.6 is 0 Å². The first-order valence-corrected chi connectivity index (χ1v) is 11.8. The third kappa shape index (κ3) is 2.11. The molecule has 8 rings (SSSR count). The number of benzene rings is 4. The van der Waals surface area contributed by atoms with Crippen LogP contribution in [0.3, 0.4) is 0 Å². The van der Waals surface area contributed by atoms with Crippen LogP contribution in [0.2, 0.25) is 0 Å². The van der Waals surface area contributed by atoms with Gasteiger partial charge in [-0.2, -0.15) is 0 Å². The minimum absolute atomic E-state index is 1.00. The molecular weight excluding hydrogens is 400 g/mol. The maximum Gasteiger partial charge on any atom is 0.145 e. The Morgan fingerprint density at radius 2 is 1.39 bits per heavy atom. The molecule has 0 radical (unpaired) electrons. The Morgan fingerprint density at radius 1 is 0.667 bits per heavy atom. The Kier molecular flexibility index (Phi) is 3.15. The first-order valence-electron chi connectivity index (χ1n) is 11.8. The number of hydrogen-bond donors (Lipinski definition) is 0. The van der Waals surface area contributed by atoms with Crippen molar-refractivity contribution in [1.82, 2.24) is 9.38 Å². The molecule has 156 valence electrons. The molecule has 0 amide bonds. The highest BCUT2D eigenvalue weighted by Gasteiger charge is 2.28. The van der Waals surface area contributed by atoms with E-state index in [4.69, 9.17) is 4.98 Å². The zero-order valence-corrected chi connectivity index (χ0v) is 18.7. The van der Waals surface area contributed by atoms with Crippen LogP contribution in [-0.2, 0) is 12.8 Å². The van der Waals surface area contributed by atoms with E-state index in [0.717, 1.165) is 24.2 Å². The number of fused-ring (bicyclic) bond motifs is 13. The predicted octanol–water partition coefficient (Wildman–Crippen LogP) is 7.40. The predicted molar refractivity (Wildman–Crippen MR) is 136 cm³/mol. The van der Waals surface area contributed by atoms with E-state index < -0.39 is 0 Å². The highest BCUT2D eigenvalue weighted by molar-refractivity contribution is 6.18. The molecule has 2 aliphatic carbocycles. The summed E-state index contributed by atoms with van der Waals surface area (Å²) in [4.78, 5) is 4.96. The average molecular weight is 423 g/mol. The van der Waals surface area contributed by atoms with Crippen molar-refractivity contribution in [3.63, 3.8) is 0 Å². The molecule has 2 aromatic heterocycles. The van der Waals surface area contributed by atoms with Crippen molar-refractivity contribution in [2.75, 3.05) is 0 Å². The first kappa shape index (κ1) is 17.6. The molecule has 4 aromatic carbocycles. The Labute approximate surface area is 192 Å². The number of pyridine rings is 1. The van der Waals surface area contributed by atoms with Crippen molar-refractivity contribution in [2.45, 2.75) is 26.7 Å². The molecule has 0 N–H and O–H groups in total. The number of nitrogens with zero attached hydrogens (tertiary/aromatic N) is 2. The molecule has 0 fully saturated rings. The molecule has 6 aromatic rings. The second kappa shape index (κ2) is 5.90. The Morgan fingerprint density at radius 3 is 2.30 bits per heavy atom. The molecule has 2 nitrogen and oxygen atoms in total. The minimum atomic E-state index is 1.00.